The van der Waals surface area contributed by atoms with Gasteiger partial charge in [0.25, 0.3) is 0 Å². The van der Waals surface area contributed by atoms with Crippen LogP contribution in [-0.2, 0) is 11.3 Å². The number of rotatable bonds is 5. The van der Waals surface area contributed by atoms with Crippen molar-refractivity contribution >= 4 is 38.3 Å². The minimum absolute atomic E-state index is 0.0805. The molecule has 2 rings (SSSR count). The number of halogens is 1. The number of hydrogen-bond acceptors (Lipinski definition) is 5. The van der Waals surface area contributed by atoms with Crippen molar-refractivity contribution in [3.8, 4) is 0 Å². The smallest absolute Gasteiger partial charge is 0.243 e. The fraction of sp³-hybridized carbons (Fsp3) is 0.333. The van der Waals surface area contributed by atoms with E-state index in [2.05, 4.69) is 26.2 Å². The Kier molecular flexibility index (Phi) is 4.73. The van der Waals surface area contributed by atoms with Gasteiger partial charge in [-0.15, -0.1) is 11.3 Å². The summed E-state index contributed by atoms with van der Waals surface area (Å²) in [6, 6.07) is 3.45. The van der Waals surface area contributed by atoms with Crippen LogP contribution in [0.25, 0.3) is 0 Å². The molecule has 0 aliphatic carbocycles. The molecule has 1 atom stereocenters. The summed E-state index contributed by atoms with van der Waals surface area (Å²) in [5.74, 6) is 0.728. The van der Waals surface area contributed by atoms with Crippen LogP contribution in [0.15, 0.2) is 32.8 Å². The third kappa shape index (κ3) is 3.89. The zero-order valence-electron chi connectivity index (χ0n) is 10.6. The van der Waals surface area contributed by atoms with Crippen molar-refractivity contribution in [1.82, 2.24) is 9.88 Å². The second-order valence-electron chi connectivity index (χ2n) is 4.12. The van der Waals surface area contributed by atoms with Gasteiger partial charge in [-0.1, -0.05) is 0 Å². The topological polar surface area (TPSA) is 58.4 Å². The van der Waals surface area contributed by atoms with E-state index in [0.717, 1.165) is 5.76 Å². The number of nitrogens with one attached hydrogen (secondary N) is 1. The van der Waals surface area contributed by atoms with E-state index >= 15 is 0 Å². The predicted octanol–water partition coefficient (Wildman–Crippen LogP) is 2.96. The highest BCUT2D eigenvalue weighted by atomic mass is 79.9. The van der Waals surface area contributed by atoms with Crippen molar-refractivity contribution in [3.63, 3.8) is 0 Å². The van der Waals surface area contributed by atoms with Gasteiger partial charge in [0.2, 0.25) is 5.91 Å². The zero-order chi connectivity index (χ0) is 13.8. The molecular weight excluding hydrogens is 330 g/mol. The lowest BCUT2D eigenvalue weighted by Crippen LogP contribution is -2.39. The molecule has 5 nitrogen and oxygen atoms in total. The molecule has 2 aromatic rings. The highest BCUT2D eigenvalue weighted by Gasteiger charge is 2.19. The molecule has 0 spiro atoms. The standard InChI is InChI=1S/C12H14BrN3O2S/c1-8(11(17)15-12-14-5-6-19-12)16(2)7-9-3-4-10(13)18-9/h3-6,8H,7H2,1-2H3,(H,14,15,17)/t8-/m0/s1. The van der Waals surface area contributed by atoms with E-state index < -0.39 is 0 Å². The fourth-order valence-corrected chi connectivity index (χ4v) is 2.39. The van der Waals surface area contributed by atoms with Gasteiger partial charge in [-0.3, -0.25) is 9.69 Å². The molecule has 0 aliphatic heterocycles. The van der Waals surface area contributed by atoms with Crippen molar-refractivity contribution < 1.29 is 9.21 Å². The number of anilines is 1. The first-order chi connectivity index (χ1) is 9.06. The summed E-state index contributed by atoms with van der Waals surface area (Å²) < 4.78 is 6.11. The van der Waals surface area contributed by atoms with Gasteiger partial charge in [-0.25, -0.2) is 4.98 Å². The summed E-state index contributed by atoms with van der Waals surface area (Å²) in [4.78, 5) is 18.0. The van der Waals surface area contributed by atoms with Crippen molar-refractivity contribution in [1.29, 1.82) is 0 Å². The summed E-state index contributed by atoms with van der Waals surface area (Å²) >= 11 is 4.66. The second kappa shape index (κ2) is 6.31. The Labute approximate surface area is 123 Å². The molecule has 7 heteroatoms. The number of carbonyl (C=O) groups is 1. The largest absolute Gasteiger partial charge is 0.453 e. The summed E-state index contributed by atoms with van der Waals surface area (Å²) in [7, 11) is 1.88. The first-order valence-corrected chi connectivity index (χ1v) is 7.38. The first-order valence-electron chi connectivity index (χ1n) is 5.71. The van der Waals surface area contributed by atoms with Crippen molar-refractivity contribution in [3.05, 3.63) is 34.1 Å². The van der Waals surface area contributed by atoms with Gasteiger partial charge in [0, 0.05) is 11.6 Å². The van der Waals surface area contributed by atoms with E-state index in [9.17, 15) is 4.79 Å². The number of likely N-dealkylation sites (N-methyl/N-ethyl adjacent to an activating group) is 1. The van der Waals surface area contributed by atoms with Gasteiger partial charge >= 0.3 is 0 Å². The Balaban J connectivity index is 1.91. The quantitative estimate of drug-likeness (QED) is 0.906. The zero-order valence-corrected chi connectivity index (χ0v) is 13.0. The first kappa shape index (κ1) is 14.2. The molecule has 0 saturated heterocycles. The molecule has 0 saturated carbocycles. The molecule has 2 aromatic heterocycles. The van der Waals surface area contributed by atoms with Gasteiger partial charge in [-0.2, -0.15) is 0 Å². The molecular formula is C12H14BrN3O2S. The van der Waals surface area contributed by atoms with Crippen LogP contribution in [0, 0.1) is 0 Å². The van der Waals surface area contributed by atoms with E-state index in [1.807, 2.05) is 36.4 Å². The minimum Gasteiger partial charge on any atom is -0.453 e. The lowest BCUT2D eigenvalue weighted by molar-refractivity contribution is -0.120. The highest BCUT2D eigenvalue weighted by Crippen LogP contribution is 2.17. The minimum atomic E-state index is -0.271. The molecule has 0 aliphatic rings. The van der Waals surface area contributed by atoms with Crippen LogP contribution in [0.5, 0.6) is 0 Å². The number of furan rings is 1. The Morgan fingerprint density at radius 3 is 3.00 bits per heavy atom. The summed E-state index contributed by atoms with van der Waals surface area (Å²) in [6.07, 6.45) is 1.66. The van der Waals surface area contributed by atoms with Crippen LogP contribution in [0.4, 0.5) is 5.13 Å². The van der Waals surface area contributed by atoms with Crippen LogP contribution in [-0.4, -0.2) is 28.9 Å². The molecule has 0 fully saturated rings. The van der Waals surface area contributed by atoms with E-state index in [4.69, 9.17) is 4.42 Å². The van der Waals surface area contributed by atoms with E-state index in [0.29, 0.717) is 16.3 Å². The van der Waals surface area contributed by atoms with Crippen LogP contribution < -0.4 is 5.32 Å². The van der Waals surface area contributed by atoms with Gasteiger partial charge in [-0.05, 0) is 42.0 Å². The number of aromatic nitrogens is 1. The highest BCUT2D eigenvalue weighted by molar-refractivity contribution is 9.10. The normalized spacial score (nSPS) is 12.6. The average Bonchev–Trinajstić information content (AvgIpc) is 3.00. The molecule has 0 bridgehead atoms. The Bertz CT molecular complexity index is 541. The summed E-state index contributed by atoms with van der Waals surface area (Å²) in [5, 5.41) is 5.22. The number of hydrogen-bond donors (Lipinski definition) is 1. The molecule has 1 amide bonds. The van der Waals surface area contributed by atoms with Crippen LogP contribution >= 0.6 is 27.3 Å². The van der Waals surface area contributed by atoms with Crippen LogP contribution in [0.2, 0.25) is 0 Å². The third-order valence-electron chi connectivity index (χ3n) is 2.74. The van der Waals surface area contributed by atoms with E-state index in [1.54, 1.807) is 6.20 Å². The van der Waals surface area contributed by atoms with E-state index in [1.165, 1.54) is 11.3 Å². The molecule has 1 N–H and O–H groups in total. The lowest BCUT2D eigenvalue weighted by Gasteiger charge is -2.22. The Morgan fingerprint density at radius 1 is 1.63 bits per heavy atom. The third-order valence-corrected chi connectivity index (χ3v) is 3.85. The maximum atomic E-state index is 12.0. The predicted molar refractivity (Wildman–Crippen MR) is 78.1 cm³/mol. The van der Waals surface area contributed by atoms with Crippen LogP contribution in [0.1, 0.15) is 12.7 Å². The van der Waals surface area contributed by atoms with Gasteiger partial charge < -0.3 is 9.73 Å². The van der Waals surface area contributed by atoms with Gasteiger partial charge in [0.05, 0.1) is 12.6 Å². The van der Waals surface area contributed by atoms with Crippen molar-refractivity contribution in [2.45, 2.75) is 19.5 Å². The van der Waals surface area contributed by atoms with Crippen LogP contribution in [0.3, 0.4) is 0 Å². The maximum Gasteiger partial charge on any atom is 0.243 e. The summed E-state index contributed by atoms with van der Waals surface area (Å²) in [5.41, 5.74) is 0. The maximum absolute atomic E-state index is 12.0. The fourth-order valence-electron chi connectivity index (χ4n) is 1.51. The number of nitrogens with zero attached hydrogens (tertiary/aromatic N) is 2. The Hall–Kier alpha value is -1.18. The number of amides is 1. The molecule has 102 valence electrons. The van der Waals surface area contributed by atoms with E-state index in [-0.39, 0.29) is 11.9 Å². The average molecular weight is 344 g/mol. The SMILES string of the molecule is C[C@@H](C(=O)Nc1nccs1)N(C)Cc1ccc(Br)o1. The van der Waals surface area contributed by atoms with Gasteiger partial charge in [0.1, 0.15) is 5.76 Å². The lowest BCUT2D eigenvalue weighted by atomic mass is 10.2. The number of thiazole rings is 1. The second-order valence-corrected chi connectivity index (χ2v) is 5.80. The molecule has 19 heavy (non-hydrogen) atoms. The Morgan fingerprint density at radius 2 is 2.42 bits per heavy atom. The molecule has 2 heterocycles. The molecule has 0 aromatic carbocycles. The molecule has 0 radical (unpaired) electrons. The molecule has 0 unspecified atom stereocenters. The van der Waals surface area contributed by atoms with Gasteiger partial charge in [0.15, 0.2) is 9.80 Å². The number of carbonyl (C=O) groups excluding carboxylic acids is 1. The monoisotopic (exact) mass is 343 g/mol. The summed E-state index contributed by atoms with van der Waals surface area (Å²) in [6.45, 7) is 2.42. The van der Waals surface area contributed by atoms with Crippen molar-refractivity contribution in [2.75, 3.05) is 12.4 Å². The van der Waals surface area contributed by atoms with Crippen molar-refractivity contribution in [2.24, 2.45) is 0 Å².